The summed E-state index contributed by atoms with van der Waals surface area (Å²) in [5, 5.41) is 0. The van der Waals surface area contributed by atoms with Crippen LogP contribution < -0.4 is 4.31 Å². The lowest BCUT2D eigenvalue weighted by atomic mass is 10.1. The topological polar surface area (TPSA) is 80.8 Å². The Bertz CT molecular complexity index is 1120. The summed E-state index contributed by atoms with van der Waals surface area (Å²) >= 11 is 0. The van der Waals surface area contributed by atoms with Crippen LogP contribution in [0.2, 0.25) is 0 Å². The molecule has 3 aromatic rings. The van der Waals surface area contributed by atoms with Gasteiger partial charge in [0.25, 0.3) is 15.9 Å². The Hall–Kier alpha value is -3.45. The number of hydrogen-bond acceptors (Lipinski definition) is 5. The highest BCUT2D eigenvalue weighted by atomic mass is 32.2. The van der Waals surface area contributed by atoms with Crippen LogP contribution in [0.3, 0.4) is 0 Å². The van der Waals surface area contributed by atoms with Crippen LogP contribution in [0.5, 0.6) is 0 Å². The van der Waals surface area contributed by atoms with Gasteiger partial charge in [-0.1, -0.05) is 35.9 Å². The second-order valence-electron chi connectivity index (χ2n) is 6.29. The fraction of sp³-hybridized carbons (Fsp3) is 0.0909. The molecule has 0 heterocycles. The Balaban J connectivity index is 2.08. The van der Waals surface area contributed by atoms with E-state index in [0.29, 0.717) is 0 Å². The van der Waals surface area contributed by atoms with Gasteiger partial charge in [-0.25, -0.2) is 13.2 Å². The lowest BCUT2D eigenvalue weighted by molar-refractivity contribution is 0.0600. The first kappa shape index (κ1) is 20.3. The fourth-order valence-corrected chi connectivity index (χ4v) is 4.14. The third-order valence-electron chi connectivity index (χ3n) is 4.29. The molecule has 0 saturated heterocycles. The van der Waals surface area contributed by atoms with E-state index in [9.17, 15) is 18.0 Å². The van der Waals surface area contributed by atoms with Gasteiger partial charge in [0.1, 0.15) is 0 Å². The number of anilines is 1. The summed E-state index contributed by atoms with van der Waals surface area (Å²) < 4.78 is 32.0. The second-order valence-corrected chi connectivity index (χ2v) is 8.08. The van der Waals surface area contributed by atoms with Crippen molar-refractivity contribution in [1.82, 2.24) is 0 Å². The maximum absolute atomic E-state index is 13.3. The van der Waals surface area contributed by atoms with Crippen LogP contribution in [0.4, 0.5) is 5.69 Å². The van der Waals surface area contributed by atoms with Crippen molar-refractivity contribution in [3.05, 3.63) is 95.6 Å². The summed E-state index contributed by atoms with van der Waals surface area (Å²) in [6.45, 7) is 1.85. The smallest absolute Gasteiger partial charge is 0.337 e. The van der Waals surface area contributed by atoms with E-state index in [0.717, 1.165) is 9.87 Å². The van der Waals surface area contributed by atoms with E-state index in [1.165, 1.54) is 43.5 Å². The van der Waals surface area contributed by atoms with E-state index in [1.54, 1.807) is 42.5 Å². The molecule has 0 spiro atoms. The molecule has 0 aliphatic rings. The lowest BCUT2D eigenvalue weighted by Gasteiger charge is -2.23. The number of hydrogen-bond donors (Lipinski definition) is 0. The number of rotatable bonds is 5. The van der Waals surface area contributed by atoms with Gasteiger partial charge in [-0.3, -0.25) is 4.79 Å². The highest BCUT2D eigenvalue weighted by Crippen LogP contribution is 2.26. The average Bonchev–Trinajstić information content (AvgIpc) is 2.74. The van der Waals surface area contributed by atoms with Gasteiger partial charge in [0, 0.05) is 5.56 Å². The number of nitrogens with zero attached hydrogens (tertiary/aromatic N) is 1. The van der Waals surface area contributed by atoms with Crippen molar-refractivity contribution in [2.45, 2.75) is 11.8 Å². The van der Waals surface area contributed by atoms with Gasteiger partial charge < -0.3 is 4.74 Å². The van der Waals surface area contributed by atoms with Crippen molar-refractivity contribution in [2.75, 3.05) is 11.4 Å². The molecule has 0 N–H and O–H groups in total. The van der Waals surface area contributed by atoms with Gasteiger partial charge in [-0.05, 0) is 55.5 Å². The van der Waals surface area contributed by atoms with Crippen LogP contribution in [0.15, 0.2) is 83.8 Å². The summed E-state index contributed by atoms with van der Waals surface area (Å²) in [5.41, 5.74) is 1.50. The summed E-state index contributed by atoms with van der Waals surface area (Å²) in [4.78, 5) is 24.8. The van der Waals surface area contributed by atoms with Crippen molar-refractivity contribution in [3.63, 3.8) is 0 Å². The minimum Gasteiger partial charge on any atom is -0.465 e. The van der Waals surface area contributed by atoms with E-state index < -0.39 is 21.9 Å². The normalized spacial score (nSPS) is 11.0. The minimum absolute atomic E-state index is 0.00600. The molecule has 0 bridgehead atoms. The number of esters is 1. The average molecular weight is 409 g/mol. The number of methoxy groups -OCH3 is 1. The van der Waals surface area contributed by atoms with Crippen LogP contribution in [0.1, 0.15) is 26.3 Å². The van der Waals surface area contributed by atoms with Crippen molar-refractivity contribution in [2.24, 2.45) is 0 Å². The number of amides is 1. The second kappa shape index (κ2) is 8.28. The Morgan fingerprint density at radius 2 is 1.34 bits per heavy atom. The van der Waals surface area contributed by atoms with Crippen LogP contribution in [-0.2, 0) is 14.8 Å². The summed E-state index contributed by atoms with van der Waals surface area (Å²) in [6, 6.07) is 20.0. The zero-order valence-corrected chi connectivity index (χ0v) is 16.7. The molecule has 3 aromatic carbocycles. The molecule has 1 amide bonds. The highest BCUT2D eigenvalue weighted by molar-refractivity contribution is 7.93. The molecule has 6 nitrogen and oxygen atoms in total. The maximum atomic E-state index is 13.3. The lowest BCUT2D eigenvalue weighted by Crippen LogP contribution is -2.37. The Labute approximate surface area is 169 Å². The quantitative estimate of drug-likeness (QED) is 0.599. The Morgan fingerprint density at radius 3 is 1.90 bits per heavy atom. The van der Waals surface area contributed by atoms with E-state index in [-0.39, 0.29) is 21.7 Å². The summed E-state index contributed by atoms with van der Waals surface area (Å²) in [6.07, 6.45) is 0. The molecule has 0 unspecified atom stereocenters. The minimum atomic E-state index is -4.16. The third-order valence-corrected chi connectivity index (χ3v) is 6.01. The van der Waals surface area contributed by atoms with Gasteiger partial charge in [-0.2, -0.15) is 4.31 Å². The zero-order chi connectivity index (χ0) is 21.0. The van der Waals surface area contributed by atoms with Gasteiger partial charge in [0.05, 0.1) is 23.3 Å². The van der Waals surface area contributed by atoms with Gasteiger partial charge in [-0.15, -0.1) is 0 Å². The number of carbonyl (C=O) groups is 2. The predicted octanol–water partition coefficient (Wildman–Crippen LogP) is 3.82. The molecule has 0 radical (unpaired) electrons. The van der Waals surface area contributed by atoms with Crippen LogP contribution >= 0.6 is 0 Å². The molecule has 0 aliphatic carbocycles. The predicted molar refractivity (Wildman–Crippen MR) is 109 cm³/mol. The molecule has 148 valence electrons. The SMILES string of the molecule is COC(=O)c1ccc(C(=O)N(c2ccccc2)S(=O)(=O)c2ccc(C)cc2)cc1. The summed E-state index contributed by atoms with van der Waals surface area (Å²) in [7, 11) is -2.90. The van der Waals surface area contributed by atoms with E-state index in [2.05, 4.69) is 4.74 Å². The molecule has 0 aromatic heterocycles. The van der Waals surface area contributed by atoms with Crippen LogP contribution in [0.25, 0.3) is 0 Å². The Morgan fingerprint density at radius 1 is 0.793 bits per heavy atom. The first-order chi connectivity index (χ1) is 13.8. The molecule has 0 saturated carbocycles. The molecule has 0 atom stereocenters. The standard InChI is InChI=1S/C22H19NO5S/c1-16-8-14-20(15-9-16)29(26,27)23(19-6-4-3-5-7-19)21(24)17-10-12-18(13-11-17)22(25)28-2/h3-15H,1-2H3. The van der Waals surface area contributed by atoms with E-state index >= 15 is 0 Å². The number of carbonyl (C=O) groups excluding carboxylic acids is 2. The maximum Gasteiger partial charge on any atom is 0.337 e. The molecule has 0 aliphatic heterocycles. The van der Waals surface area contributed by atoms with Gasteiger partial charge >= 0.3 is 5.97 Å². The van der Waals surface area contributed by atoms with Crippen molar-refractivity contribution in [3.8, 4) is 0 Å². The first-order valence-electron chi connectivity index (χ1n) is 8.74. The van der Waals surface area contributed by atoms with E-state index in [4.69, 9.17) is 0 Å². The number of benzene rings is 3. The van der Waals surface area contributed by atoms with Crippen LogP contribution in [-0.4, -0.2) is 27.4 Å². The van der Waals surface area contributed by atoms with Gasteiger partial charge in [0.15, 0.2) is 0 Å². The summed E-state index contributed by atoms with van der Waals surface area (Å²) in [5.74, 6) is -1.27. The molecule has 0 fully saturated rings. The largest absolute Gasteiger partial charge is 0.465 e. The fourth-order valence-electron chi connectivity index (χ4n) is 2.73. The molecule has 29 heavy (non-hydrogen) atoms. The Kier molecular flexibility index (Phi) is 5.79. The van der Waals surface area contributed by atoms with E-state index in [1.807, 2.05) is 6.92 Å². The van der Waals surface area contributed by atoms with Crippen molar-refractivity contribution in [1.29, 1.82) is 0 Å². The highest BCUT2D eigenvalue weighted by Gasteiger charge is 2.31. The zero-order valence-electron chi connectivity index (χ0n) is 15.9. The number of aryl methyl sites for hydroxylation is 1. The first-order valence-corrected chi connectivity index (χ1v) is 10.2. The molecular weight excluding hydrogens is 390 g/mol. The number of para-hydroxylation sites is 1. The molecule has 3 rings (SSSR count). The third kappa shape index (κ3) is 4.20. The number of ether oxygens (including phenoxy) is 1. The van der Waals surface area contributed by atoms with Gasteiger partial charge in [0.2, 0.25) is 0 Å². The number of sulfonamides is 1. The molecular formula is C22H19NO5S. The molecule has 7 heteroatoms. The van der Waals surface area contributed by atoms with Crippen molar-refractivity contribution >= 4 is 27.6 Å². The van der Waals surface area contributed by atoms with Crippen molar-refractivity contribution < 1.29 is 22.7 Å². The monoisotopic (exact) mass is 409 g/mol. The van der Waals surface area contributed by atoms with Crippen LogP contribution in [0, 0.1) is 6.92 Å².